The van der Waals surface area contributed by atoms with Crippen molar-refractivity contribution in [2.45, 2.75) is 56.4 Å². The predicted octanol–water partition coefficient (Wildman–Crippen LogP) is 5.72. The summed E-state index contributed by atoms with van der Waals surface area (Å²) in [7, 11) is 1.62. The fourth-order valence-electron chi connectivity index (χ4n) is 5.32. The molecule has 1 N–H and O–H groups in total. The number of hydrogen-bond donors (Lipinski definition) is 1. The van der Waals surface area contributed by atoms with Crippen molar-refractivity contribution in [3.05, 3.63) is 144 Å². The summed E-state index contributed by atoms with van der Waals surface area (Å²) in [6.45, 7) is 0.733. The molecular weight excluding hydrogens is 516 g/mol. The van der Waals surface area contributed by atoms with Crippen molar-refractivity contribution in [1.82, 2.24) is 0 Å². The Morgan fingerprint density at radius 2 is 1.00 bits per heavy atom. The van der Waals surface area contributed by atoms with Crippen molar-refractivity contribution in [3.8, 4) is 0 Å². The molecule has 0 spiro atoms. The molecule has 0 aromatic heterocycles. The van der Waals surface area contributed by atoms with E-state index in [1.165, 1.54) is 0 Å². The third kappa shape index (κ3) is 7.49. The minimum absolute atomic E-state index is 0.268. The highest BCUT2D eigenvalue weighted by molar-refractivity contribution is 5.20. The van der Waals surface area contributed by atoms with Crippen molar-refractivity contribution < 1.29 is 28.8 Å². The van der Waals surface area contributed by atoms with E-state index in [0.29, 0.717) is 26.2 Å². The standard InChI is InChI=1S/C35H38O6/c1-37-35(22-27-14-6-2-7-15-27)34(40-26-30-20-12-5-13-21-30)33(39-25-29-18-10-4-11-19-29)32(31(23-36)41-35)38-24-28-16-8-3-9-17-28/h2-21,31-34,36H,22-26H2,1H3/t31-,32-,33+,34-,35-/m1/s1. The SMILES string of the molecule is CO[C@]1(Cc2ccccc2)O[C@H](CO)[C@@H](OCc2ccccc2)[C@H](OCc2ccccc2)[C@H]1OCc1ccccc1. The van der Waals surface area contributed by atoms with Gasteiger partial charge in [0.1, 0.15) is 24.4 Å². The van der Waals surface area contributed by atoms with E-state index in [1.54, 1.807) is 7.11 Å². The lowest BCUT2D eigenvalue weighted by molar-refractivity contribution is -0.375. The Morgan fingerprint density at radius 3 is 1.44 bits per heavy atom. The van der Waals surface area contributed by atoms with Crippen LogP contribution in [0.5, 0.6) is 0 Å². The van der Waals surface area contributed by atoms with Crippen molar-refractivity contribution in [2.75, 3.05) is 13.7 Å². The summed E-state index contributed by atoms with van der Waals surface area (Å²) in [5, 5.41) is 10.6. The predicted molar refractivity (Wildman–Crippen MR) is 157 cm³/mol. The lowest BCUT2D eigenvalue weighted by atomic mass is 9.87. The summed E-state index contributed by atoms with van der Waals surface area (Å²) in [4.78, 5) is 0. The molecule has 0 saturated carbocycles. The van der Waals surface area contributed by atoms with Gasteiger partial charge in [-0.15, -0.1) is 0 Å². The Morgan fingerprint density at radius 1 is 0.585 bits per heavy atom. The lowest BCUT2D eigenvalue weighted by Crippen LogP contribution is -2.68. The first-order chi connectivity index (χ1) is 20.2. The van der Waals surface area contributed by atoms with Crippen LogP contribution in [0, 0.1) is 0 Å². The van der Waals surface area contributed by atoms with Gasteiger partial charge in [0.25, 0.3) is 0 Å². The van der Waals surface area contributed by atoms with Gasteiger partial charge in [-0.25, -0.2) is 0 Å². The van der Waals surface area contributed by atoms with Gasteiger partial charge in [0.2, 0.25) is 5.79 Å². The second kappa shape index (κ2) is 14.5. The van der Waals surface area contributed by atoms with Crippen LogP contribution in [0.3, 0.4) is 0 Å². The summed E-state index contributed by atoms with van der Waals surface area (Å²) in [5.41, 5.74) is 4.07. The van der Waals surface area contributed by atoms with Gasteiger partial charge in [-0.3, -0.25) is 0 Å². The normalized spacial score (nSPS) is 24.2. The molecule has 5 rings (SSSR count). The highest BCUT2D eigenvalue weighted by atomic mass is 16.7. The molecule has 4 aromatic carbocycles. The number of methoxy groups -OCH3 is 1. The number of ether oxygens (including phenoxy) is 5. The number of aliphatic hydroxyl groups excluding tert-OH is 1. The maximum absolute atomic E-state index is 10.6. The Bertz CT molecular complexity index is 1290. The van der Waals surface area contributed by atoms with Crippen LogP contribution in [0.25, 0.3) is 0 Å². The van der Waals surface area contributed by atoms with Crippen molar-refractivity contribution in [1.29, 1.82) is 0 Å². The van der Waals surface area contributed by atoms with E-state index in [0.717, 1.165) is 22.3 Å². The van der Waals surface area contributed by atoms with E-state index < -0.39 is 30.2 Å². The highest BCUT2D eigenvalue weighted by Gasteiger charge is 2.57. The fourth-order valence-corrected chi connectivity index (χ4v) is 5.32. The average Bonchev–Trinajstić information content (AvgIpc) is 3.04. The molecule has 6 heteroatoms. The van der Waals surface area contributed by atoms with Gasteiger partial charge in [-0.2, -0.15) is 0 Å². The first kappa shape index (κ1) is 29.1. The van der Waals surface area contributed by atoms with Gasteiger partial charge in [0.15, 0.2) is 0 Å². The molecule has 6 nitrogen and oxygen atoms in total. The molecule has 5 atom stereocenters. The maximum atomic E-state index is 10.6. The maximum Gasteiger partial charge on any atom is 0.201 e. The van der Waals surface area contributed by atoms with E-state index in [2.05, 4.69) is 0 Å². The van der Waals surface area contributed by atoms with Crippen LogP contribution in [-0.4, -0.2) is 49.0 Å². The molecule has 4 aromatic rings. The van der Waals surface area contributed by atoms with Crippen LogP contribution in [-0.2, 0) is 49.9 Å². The third-order valence-corrected chi connectivity index (χ3v) is 7.43. The second-order valence-electron chi connectivity index (χ2n) is 10.3. The van der Waals surface area contributed by atoms with Gasteiger partial charge < -0.3 is 28.8 Å². The highest BCUT2D eigenvalue weighted by Crippen LogP contribution is 2.39. The fraction of sp³-hybridized carbons (Fsp3) is 0.314. The Kier molecular flexibility index (Phi) is 10.3. The molecule has 0 bridgehead atoms. The van der Waals surface area contributed by atoms with Crippen molar-refractivity contribution in [2.24, 2.45) is 0 Å². The molecule has 1 heterocycles. The van der Waals surface area contributed by atoms with Crippen LogP contribution in [0.15, 0.2) is 121 Å². The van der Waals surface area contributed by atoms with Crippen molar-refractivity contribution >= 4 is 0 Å². The Balaban J connectivity index is 1.51. The molecule has 1 fully saturated rings. The van der Waals surface area contributed by atoms with E-state index >= 15 is 0 Å². The van der Waals surface area contributed by atoms with Crippen LogP contribution < -0.4 is 0 Å². The zero-order chi connectivity index (χ0) is 28.3. The zero-order valence-corrected chi connectivity index (χ0v) is 23.4. The summed E-state index contributed by atoms with van der Waals surface area (Å²) in [6.07, 6.45) is -2.22. The zero-order valence-electron chi connectivity index (χ0n) is 23.4. The molecular formula is C35H38O6. The minimum atomic E-state index is -1.24. The van der Waals surface area contributed by atoms with Crippen LogP contribution >= 0.6 is 0 Å². The largest absolute Gasteiger partial charge is 0.394 e. The first-order valence-corrected chi connectivity index (χ1v) is 14.0. The molecule has 0 amide bonds. The smallest absolute Gasteiger partial charge is 0.201 e. The third-order valence-electron chi connectivity index (χ3n) is 7.43. The number of benzene rings is 4. The molecule has 1 saturated heterocycles. The summed E-state index contributed by atoms with van der Waals surface area (Å²) in [6, 6.07) is 40.0. The van der Waals surface area contributed by atoms with E-state index in [9.17, 15) is 5.11 Å². The van der Waals surface area contributed by atoms with E-state index in [-0.39, 0.29) is 6.61 Å². The molecule has 0 aliphatic carbocycles. The van der Waals surface area contributed by atoms with Gasteiger partial charge >= 0.3 is 0 Å². The van der Waals surface area contributed by atoms with Crippen LogP contribution in [0.2, 0.25) is 0 Å². The Labute approximate surface area is 242 Å². The summed E-state index contributed by atoms with van der Waals surface area (Å²) < 4.78 is 32.7. The molecule has 1 aliphatic heterocycles. The topological polar surface area (TPSA) is 66.4 Å². The lowest BCUT2D eigenvalue weighted by Gasteiger charge is -2.51. The monoisotopic (exact) mass is 554 g/mol. The van der Waals surface area contributed by atoms with Crippen LogP contribution in [0.1, 0.15) is 22.3 Å². The Hall–Kier alpha value is -3.36. The molecule has 0 unspecified atom stereocenters. The first-order valence-electron chi connectivity index (χ1n) is 14.0. The second-order valence-corrected chi connectivity index (χ2v) is 10.3. The summed E-state index contributed by atoms with van der Waals surface area (Å²) >= 11 is 0. The van der Waals surface area contributed by atoms with Crippen LogP contribution in [0.4, 0.5) is 0 Å². The molecule has 0 radical (unpaired) electrons. The van der Waals surface area contributed by atoms with E-state index in [1.807, 2.05) is 121 Å². The van der Waals surface area contributed by atoms with Gasteiger partial charge in [0.05, 0.1) is 26.4 Å². The van der Waals surface area contributed by atoms with Gasteiger partial charge in [-0.1, -0.05) is 121 Å². The van der Waals surface area contributed by atoms with E-state index in [4.69, 9.17) is 23.7 Å². The van der Waals surface area contributed by atoms with Gasteiger partial charge in [-0.05, 0) is 22.3 Å². The average molecular weight is 555 g/mol. The van der Waals surface area contributed by atoms with Gasteiger partial charge in [0, 0.05) is 13.5 Å². The molecule has 41 heavy (non-hydrogen) atoms. The quantitative estimate of drug-likeness (QED) is 0.228. The molecule has 214 valence electrons. The molecule has 1 aliphatic rings. The minimum Gasteiger partial charge on any atom is -0.394 e. The summed E-state index contributed by atoms with van der Waals surface area (Å²) in [5.74, 6) is -1.24. The number of rotatable bonds is 13. The van der Waals surface area contributed by atoms with Crippen molar-refractivity contribution in [3.63, 3.8) is 0 Å². The number of aliphatic hydroxyl groups is 1. The number of hydrogen-bond acceptors (Lipinski definition) is 6.